The quantitative estimate of drug-likeness (QED) is 0.101. The van der Waals surface area contributed by atoms with Gasteiger partial charge < -0.3 is 45.6 Å². The number of methoxy groups -OCH3 is 1. The van der Waals surface area contributed by atoms with Crippen molar-refractivity contribution in [3.63, 3.8) is 0 Å². The molecule has 0 radical (unpaired) electrons. The van der Waals surface area contributed by atoms with Crippen LogP contribution in [0.15, 0.2) is 97.1 Å². The van der Waals surface area contributed by atoms with Gasteiger partial charge in [-0.25, -0.2) is 0 Å². The topological polar surface area (TPSA) is 162 Å². The maximum Gasteiger partial charge on any atom is 0.264 e. The Hall–Kier alpha value is -5.38. The summed E-state index contributed by atoms with van der Waals surface area (Å²) in [7, 11) is -0.980. The lowest BCUT2D eigenvalue weighted by Gasteiger charge is -2.37. The standard InChI is InChI=1S/C49H60N6O7Si/c1-32-45(63(3,4)38-21-19-37(61-2)20-22-38)43(29-44(57)54(26-27-56)30-33-10-6-5-7-11-33)62-49(32)39-28-36(53-47(59)41-13-9-25-51-41)18-23-42(39)55(48(49)60)31-34-14-16-35(17-15-34)52-46(58)40-12-8-24-50-40/h5-7,10-11,14-23,28,32,40-41,43,45,50-51,56H,8-9,12-13,24-27,29-31H2,1-4H3,(H,52,58)(H,53,59)/t32-,40+,41+,43+,45-,49+/m0/s1. The molecule has 0 bridgehead atoms. The smallest absolute Gasteiger partial charge is 0.264 e. The second-order valence-electron chi connectivity index (χ2n) is 18.0. The van der Waals surface area contributed by atoms with Crippen LogP contribution in [0, 0.1) is 5.92 Å². The van der Waals surface area contributed by atoms with Crippen LogP contribution in [0.4, 0.5) is 17.1 Å². The van der Waals surface area contributed by atoms with Crippen LogP contribution in [0.3, 0.4) is 0 Å². The molecule has 3 fully saturated rings. The highest BCUT2D eigenvalue weighted by Crippen LogP contribution is 2.60. The molecule has 14 heteroatoms. The summed E-state index contributed by atoms with van der Waals surface area (Å²) in [6.07, 6.45) is 2.77. The van der Waals surface area contributed by atoms with Crippen LogP contribution in [0.2, 0.25) is 18.6 Å². The van der Waals surface area contributed by atoms with Crippen LogP contribution in [0.5, 0.6) is 5.75 Å². The summed E-state index contributed by atoms with van der Waals surface area (Å²) >= 11 is 0. The van der Waals surface area contributed by atoms with E-state index in [4.69, 9.17) is 9.47 Å². The van der Waals surface area contributed by atoms with Gasteiger partial charge in [0.25, 0.3) is 5.91 Å². The summed E-state index contributed by atoms with van der Waals surface area (Å²) in [5.41, 5.74) is 2.66. The van der Waals surface area contributed by atoms with Crippen molar-refractivity contribution >= 4 is 54.0 Å². The van der Waals surface area contributed by atoms with Gasteiger partial charge in [-0.1, -0.05) is 79.8 Å². The van der Waals surface area contributed by atoms with E-state index >= 15 is 4.79 Å². The minimum absolute atomic E-state index is 0.00608. The second kappa shape index (κ2) is 18.8. The number of hydrogen-bond acceptors (Lipinski definition) is 9. The number of hydrogen-bond donors (Lipinski definition) is 5. The van der Waals surface area contributed by atoms with Gasteiger partial charge in [-0.15, -0.1) is 0 Å². The predicted octanol–water partition coefficient (Wildman–Crippen LogP) is 5.25. The van der Waals surface area contributed by atoms with E-state index in [2.05, 4.69) is 53.4 Å². The largest absolute Gasteiger partial charge is 0.497 e. The fourth-order valence-corrected chi connectivity index (χ4v) is 14.4. The number of carbonyl (C=O) groups is 4. The fourth-order valence-electron chi connectivity index (χ4n) is 10.4. The molecule has 5 N–H and O–H groups in total. The average Bonchev–Trinajstić information content (AvgIpc) is 4.11. The maximum atomic E-state index is 15.6. The number of carbonyl (C=O) groups excluding carboxylic acids is 4. The predicted molar refractivity (Wildman–Crippen MR) is 247 cm³/mol. The highest BCUT2D eigenvalue weighted by atomic mass is 28.3. The Kier molecular flexibility index (Phi) is 13.2. The first-order valence-corrected chi connectivity index (χ1v) is 25.4. The number of benzene rings is 4. The van der Waals surface area contributed by atoms with Gasteiger partial charge in [-0.3, -0.25) is 19.2 Å². The first-order valence-electron chi connectivity index (χ1n) is 22.3. The van der Waals surface area contributed by atoms with Crippen molar-refractivity contribution in [2.24, 2.45) is 5.92 Å². The van der Waals surface area contributed by atoms with E-state index in [1.807, 2.05) is 84.9 Å². The van der Waals surface area contributed by atoms with Gasteiger partial charge in [-0.05, 0) is 97.9 Å². The Morgan fingerprint density at radius 2 is 1.51 bits per heavy atom. The van der Waals surface area contributed by atoms with Gasteiger partial charge in [-0.2, -0.15) is 0 Å². The van der Waals surface area contributed by atoms with Crippen molar-refractivity contribution in [3.05, 3.63) is 114 Å². The number of rotatable bonds is 15. The molecule has 4 aliphatic heterocycles. The van der Waals surface area contributed by atoms with E-state index < -0.39 is 25.7 Å². The van der Waals surface area contributed by atoms with Crippen molar-refractivity contribution < 1.29 is 33.8 Å². The van der Waals surface area contributed by atoms with Gasteiger partial charge in [0.2, 0.25) is 17.7 Å². The van der Waals surface area contributed by atoms with Crippen LogP contribution in [0.25, 0.3) is 0 Å². The van der Waals surface area contributed by atoms with Crippen LogP contribution in [-0.4, -0.2) is 93.2 Å². The van der Waals surface area contributed by atoms with Crippen LogP contribution in [-0.2, 0) is 42.6 Å². The van der Waals surface area contributed by atoms with E-state index in [1.165, 1.54) is 0 Å². The van der Waals surface area contributed by atoms with Crippen LogP contribution >= 0.6 is 0 Å². The average molecular weight is 873 g/mol. The summed E-state index contributed by atoms with van der Waals surface area (Å²) in [6.45, 7) is 8.75. The number of fused-ring (bicyclic) bond motifs is 2. The van der Waals surface area contributed by atoms with Gasteiger partial charge in [0.15, 0.2) is 5.60 Å². The monoisotopic (exact) mass is 872 g/mol. The fraction of sp³-hybridized carbons (Fsp3) is 0.429. The Balaban J connectivity index is 1.17. The van der Waals surface area contributed by atoms with E-state index in [0.29, 0.717) is 29.2 Å². The molecule has 63 heavy (non-hydrogen) atoms. The molecular weight excluding hydrogens is 813 g/mol. The zero-order chi connectivity index (χ0) is 44.3. The van der Waals surface area contributed by atoms with Crippen LogP contribution < -0.4 is 36.1 Å². The van der Waals surface area contributed by atoms with E-state index in [0.717, 1.165) is 60.8 Å². The number of nitrogens with zero attached hydrogens (tertiary/aromatic N) is 2. The molecule has 4 amide bonds. The molecule has 0 saturated carbocycles. The summed E-state index contributed by atoms with van der Waals surface area (Å²) in [5.74, 6) is -0.257. The molecule has 0 aliphatic carbocycles. The molecule has 4 aromatic rings. The second-order valence-corrected chi connectivity index (χ2v) is 22.7. The Labute approximate surface area is 370 Å². The zero-order valence-corrected chi connectivity index (χ0v) is 37.7. The van der Waals surface area contributed by atoms with E-state index in [1.54, 1.807) is 16.9 Å². The number of anilines is 3. The molecule has 4 heterocycles. The van der Waals surface area contributed by atoms with Crippen molar-refractivity contribution in [2.75, 3.05) is 48.9 Å². The molecule has 8 rings (SSSR count). The molecule has 4 aliphatic rings. The van der Waals surface area contributed by atoms with Gasteiger partial charge in [0, 0.05) is 35.9 Å². The first-order chi connectivity index (χ1) is 30.4. The summed E-state index contributed by atoms with van der Waals surface area (Å²) < 4.78 is 12.9. The molecule has 3 saturated heterocycles. The lowest BCUT2D eigenvalue weighted by molar-refractivity contribution is -0.150. The molecule has 332 valence electrons. The Bertz CT molecular complexity index is 2280. The summed E-state index contributed by atoms with van der Waals surface area (Å²) in [5, 5.41) is 23.9. The molecule has 0 aromatic heterocycles. The molecular formula is C49H60N6O7Si. The van der Waals surface area contributed by atoms with Crippen molar-refractivity contribution in [2.45, 2.75) is 94.5 Å². The molecule has 0 unspecified atom stereocenters. The molecule has 6 atom stereocenters. The lowest BCUT2D eigenvalue weighted by atomic mass is 9.82. The zero-order valence-electron chi connectivity index (χ0n) is 36.7. The van der Waals surface area contributed by atoms with E-state index in [-0.39, 0.29) is 67.4 Å². The summed E-state index contributed by atoms with van der Waals surface area (Å²) in [4.78, 5) is 59.9. The van der Waals surface area contributed by atoms with Gasteiger partial charge in [0.05, 0.1) is 58.6 Å². The molecule has 4 aromatic carbocycles. The van der Waals surface area contributed by atoms with Gasteiger partial charge >= 0.3 is 0 Å². The minimum Gasteiger partial charge on any atom is -0.497 e. The first kappa shape index (κ1) is 44.2. The number of nitrogens with one attached hydrogen (secondary N) is 4. The lowest BCUT2D eigenvalue weighted by Crippen LogP contribution is -2.52. The van der Waals surface area contributed by atoms with Gasteiger partial charge in [0.1, 0.15) is 5.75 Å². The third-order valence-electron chi connectivity index (χ3n) is 13.7. The number of amides is 4. The van der Waals surface area contributed by atoms with Crippen molar-refractivity contribution in [3.8, 4) is 5.75 Å². The third kappa shape index (κ3) is 8.92. The van der Waals surface area contributed by atoms with Crippen molar-refractivity contribution in [1.82, 2.24) is 15.5 Å². The summed E-state index contributed by atoms with van der Waals surface area (Å²) in [6, 6.07) is 30.5. The van der Waals surface area contributed by atoms with Crippen LogP contribution in [0.1, 0.15) is 55.7 Å². The highest BCUT2D eigenvalue weighted by Gasteiger charge is 2.66. The molecule has 13 nitrogen and oxygen atoms in total. The number of aliphatic hydroxyl groups excluding tert-OH is 1. The Morgan fingerprint density at radius 3 is 2.11 bits per heavy atom. The Morgan fingerprint density at radius 1 is 0.873 bits per heavy atom. The van der Waals surface area contributed by atoms with Crippen molar-refractivity contribution in [1.29, 1.82) is 0 Å². The number of ether oxygens (including phenoxy) is 2. The highest BCUT2D eigenvalue weighted by molar-refractivity contribution is 6.91. The minimum atomic E-state index is -2.62. The third-order valence-corrected chi connectivity index (χ3v) is 18.1. The normalized spacial score (nSPS) is 24.1. The maximum absolute atomic E-state index is 15.6. The number of aliphatic hydroxyl groups is 1. The van der Waals surface area contributed by atoms with E-state index in [9.17, 15) is 19.5 Å². The molecule has 1 spiro atoms. The SMILES string of the molecule is COc1ccc([Si](C)(C)[C@@H]2[C@@H](CC(=O)N(CCO)Cc3ccccc3)O[C@]3(C(=O)N(Cc4ccc(NC(=O)[C@H]5CCCN5)cc4)c4ccc(NC(=O)[C@H]5CCCN5)cc43)[C@H]2C)cc1.